The van der Waals surface area contributed by atoms with Crippen molar-refractivity contribution in [1.82, 2.24) is 0 Å². The van der Waals surface area contributed by atoms with E-state index in [-0.39, 0.29) is 11.5 Å². The van der Waals surface area contributed by atoms with Gasteiger partial charge in [0.2, 0.25) is 0 Å². The fraction of sp³-hybridized carbons (Fsp3) is 0.318. The van der Waals surface area contributed by atoms with Crippen LogP contribution in [0.25, 0.3) is 12.2 Å². The summed E-state index contributed by atoms with van der Waals surface area (Å²) in [5.41, 5.74) is 3.64. The second-order valence-electron chi connectivity index (χ2n) is 7.01. The van der Waals surface area contributed by atoms with E-state index in [9.17, 15) is 13.6 Å². The summed E-state index contributed by atoms with van der Waals surface area (Å²) in [6.07, 6.45) is 7.39. The van der Waals surface area contributed by atoms with Crippen LogP contribution in [-0.2, 0) is 6.42 Å². The van der Waals surface area contributed by atoms with Gasteiger partial charge in [-0.3, -0.25) is 4.79 Å². The van der Waals surface area contributed by atoms with Crippen LogP contribution in [0.5, 0.6) is 11.5 Å². The number of carbonyl (C=O) groups is 1. The van der Waals surface area contributed by atoms with Gasteiger partial charge in [0.15, 0.2) is 17.3 Å². The molecule has 0 aliphatic heterocycles. The molecular weight excluding hydrogens is 350 g/mol. The topological polar surface area (TPSA) is 35.5 Å². The molecule has 0 bridgehead atoms. The predicted octanol–water partition coefficient (Wildman–Crippen LogP) is 5.38. The molecule has 2 aliphatic carbocycles. The zero-order valence-corrected chi connectivity index (χ0v) is 14.8. The molecule has 5 heteroatoms. The Morgan fingerprint density at radius 2 is 1.74 bits per heavy atom. The highest BCUT2D eigenvalue weighted by Gasteiger charge is 2.23. The monoisotopic (exact) mass is 370 g/mol. The lowest BCUT2D eigenvalue weighted by atomic mass is 10.0. The van der Waals surface area contributed by atoms with E-state index < -0.39 is 6.61 Å². The first kappa shape index (κ1) is 17.7. The van der Waals surface area contributed by atoms with Crippen molar-refractivity contribution >= 4 is 17.9 Å². The molecule has 27 heavy (non-hydrogen) atoms. The molecule has 0 heterocycles. The summed E-state index contributed by atoms with van der Waals surface area (Å²) < 4.78 is 35.5. The molecule has 140 valence electrons. The van der Waals surface area contributed by atoms with Crippen molar-refractivity contribution in [3.8, 4) is 11.5 Å². The van der Waals surface area contributed by atoms with Crippen LogP contribution in [0, 0.1) is 5.92 Å². The number of halogens is 2. The normalized spacial score (nSPS) is 16.2. The molecule has 0 atom stereocenters. The minimum absolute atomic E-state index is 0.0472. The smallest absolute Gasteiger partial charge is 0.387 e. The number of Topliss-reactive ketones (excluding diaryl/α,β-unsaturated/α-hetero) is 1. The van der Waals surface area contributed by atoms with Crippen molar-refractivity contribution in [1.29, 1.82) is 0 Å². The van der Waals surface area contributed by atoms with Gasteiger partial charge in [-0.05, 0) is 60.1 Å². The summed E-state index contributed by atoms with van der Waals surface area (Å²) in [7, 11) is 0. The molecule has 2 aromatic rings. The third-order valence-electron chi connectivity index (χ3n) is 4.88. The van der Waals surface area contributed by atoms with Crippen LogP contribution in [-0.4, -0.2) is 19.0 Å². The van der Waals surface area contributed by atoms with Gasteiger partial charge in [0.25, 0.3) is 0 Å². The molecule has 3 nitrogen and oxygen atoms in total. The highest BCUT2D eigenvalue weighted by atomic mass is 19.3. The Morgan fingerprint density at radius 3 is 2.48 bits per heavy atom. The van der Waals surface area contributed by atoms with Gasteiger partial charge in [0, 0.05) is 12.0 Å². The molecule has 4 rings (SSSR count). The lowest BCUT2D eigenvalue weighted by molar-refractivity contribution is -0.0515. The third kappa shape index (κ3) is 4.35. The van der Waals surface area contributed by atoms with Crippen LogP contribution < -0.4 is 9.47 Å². The first-order valence-electron chi connectivity index (χ1n) is 9.14. The van der Waals surface area contributed by atoms with Crippen LogP contribution in [0.2, 0.25) is 0 Å². The summed E-state index contributed by atoms with van der Waals surface area (Å²) in [5.74, 6) is 1.07. The maximum absolute atomic E-state index is 12.6. The van der Waals surface area contributed by atoms with Gasteiger partial charge < -0.3 is 9.47 Å². The van der Waals surface area contributed by atoms with Gasteiger partial charge in [0.05, 0.1) is 6.61 Å². The van der Waals surface area contributed by atoms with Gasteiger partial charge in [-0.2, -0.15) is 8.78 Å². The molecule has 1 fully saturated rings. The van der Waals surface area contributed by atoms with Crippen LogP contribution in [0.4, 0.5) is 8.78 Å². The maximum Gasteiger partial charge on any atom is 0.387 e. The summed E-state index contributed by atoms with van der Waals surface area (Å²) in [6, 6.07) is 10.8. The van der Waals surface area contributed by atoms with Crippen molar-refractivity contribution in [2.75, 3.05) is 6.61 Å². The average Bonchev–Trinajstić information content (AvgIpc) is 3.42. The minimum atomic E-state index is -2.89. The summed E-state index contributed by atoms with van der Waals surface area (Å²) in [4.78, 5) is 11.9. The summed E-state index contributed by atoms with van der Waals surface area (Å²) in [6.45, 7) is -2.38. The molecule has 0 saturated heterocycles. The van der Waals surface area contributed by atoms with E-state index in [2.05, 4.69) is 4.74 Å². The lowest BCUT2D eigenvalue weighted by Gasteiger charge is -2.12. The van der Waals surface area contributed by atoms with Gasteiger partial charge in [-0.15, -0.1) is 0 Å². The predicted molar refractivity (Wildman–Crippen MR) is 99.3 cm³/mol. The molecule has 0 radical (unpaired) electrons. The number of aryl methyl sites for hydroxylation is 1. The van der Waals surface area contributed by atoms with Crippen LogP contribution >= 0.6 is 0 Å². The highest BCUT2D eigenvalue weighted by molar-refractivity contribution is 6.01. The van der Waals surface area contributed by atoms with E-state index in [1.165, 1.54) is 6.07 Å². The zero-order valence-electron chi connectivity index (χ0n) is 14.8. The lowest BCUT2D eigenvalue weighted by Crippen LogP contribution is -2.06. The van der Waals surface area contributed by atoms with E-state index in [0.717, 1.165) is 41.5 Å². The zero-order chi connectivity index (χ0) is 18.8. The number of hydrogen-bond acceptors (Lipinski definition) is 3. The second kappa shape index (κ2) is 7.51. The van der Waals surface area contributed by atoms with E-state index in [0.29, 0.717) is 24.7 Å². The number of hydrogen-bond donors (Lipinski definition) is 0. The number of benzene rings is 2. The van der Waals surface area contributed by atoms with E-state index >= 15 is 0 Å². The SMILES string of the molecule is O=C1CCc2ccc(C=Cc3ccc(OC(F)F)c(OCC4CC4)c3)cc21. The summed E-state index contributed by atoms with van der Waals surface area (Å²) >= 11 is 0. The third-order valence-corrected chi connectivity index (χ3v) is 4.88. The van der Waals surface area contributed by atoms with Gasteiger partial charge >= 0.3 is 6.61 Å². The first-order valence-corrected chi connectivity index (χ1v) is 9.14. The molecule has 1 saturated carbocycles. The fourth-order valence-corrected chi connectivity index (χ4v) is 3.18. The average molecular weight is 370 g/mol. The Balaban J connectivity index is 1.54. The minimum Gasteiger partial charge on any atom is -0.489 e. The Hall–Kier alpha value is -2.69. The standard InChI is InChI=1S/C22H20F2O3/c23-22(24)27-20-10-6-15(12-21(20)26-13-16-3-4-16)2-1-14-5-7-17-8-9-19(25)18(17)11-14/h1-2,5-7,10-12,16,22H,3-4,8-9,13H2. The molecule has 0 amide bonds. The molecule has 0 spiro atoms. The molecular formula is C22H20F2O3. The van der Waals surface area contributed by atoms with Crippen molar-refractivity contribution in [2.45, 2.75) is 32.3 Å². The van der Waals surface area contributed by atoms with Crippen molar-refractivity contribution < 1.29 is 23.0 Å². The molecule has 0 unspecified atom stereocenters. The number of carbonyl (C=O) groups excluding carboxylic acids is 1. The quantitative estimate of drug-likeness (QED) is 0.614. The number of fused-ring (bicyclic) bond motifs is 1. The van der Waals surface area contributed by atoms with Gasteiger partial charge in [-0.1, -0.05) is 30.4 Å². The fourth-order valence-electron chi connectivity index (χ4n) is 3.18. The Kier molecular flexibility index (Phi) is 4.92. The van der Waals surface area contributed by atoms with E-state index in [1.807, 2.05) is 30.4 Å². The number of ether oxygens (including phenoxy) is 2. The molecule has 0 aromatic heterocycles. The summed E-state index contributed by atoms with van der Waals surface area (Å²) in [5, 5.41) is 0. The number of rotatable bonds is 7. The van der Waals surface area contributed by atoms with E-state index in [4.69, 9.17) is 4.74 Å². The Morgan fingerprint density at radius 1 is 1.00 bits per heavy atom. The van der Waals surface area contributed by atoms with Crippen LogP contribution in [0.3, 0.4) is 0 Å². The molecule has 2 aliphatic rings. The highest BCUT2D eigenvalue weighted by Crippen LogP contribution is 2.34. The van der Waals surface area contributed by atoms with Crippen LogP contribution in [0.1, 0.15) is 46.3 Å². The second-order valence-corrected chi connectivity index (χ2v) is 7.01. The van der Waals surface area contributed by atoms with Crippen molar-refractivity contribution in [2.24, 2.45) is 5.92 Å². The van der Waals surface area contributed by atoms with Crippen LogP contribution in [0.15, 0.2) is 36.4 Å². The van der Waals surface area contributed by atoms with Crippen molar-refractivity contribution in [3.05, 3.63) is 58.7 Å². The number of ketones is 1. The largest absolute Gasteiger partial charge is 0.489 e. The number of alkyl halides is 2. The Labute approximate surface area is 156 Å². The first-order chi connectivity index (χ1) is 13.1. The van der Waals surface area contributed by atoms with Crippen molar-refractivity contribution in [3.63, 3.8) is 0 Å². The van der Waals surface area contributed by atoms with E-state index in [1.54, 1.807) is 12.1 Å². The maximum atomic E-state index is 12.6. The molecule has 0 N–H and O–H groups in total. The molecule has 2 aromatic carbocycles. The Bertz CT molecular complexity index is 885. The van der Waals surface area contributed by atoms with Gasteiger partial charge in [0.1, 0.15) is 0 Å². The van der Waals surface area contributed by atoms with Gasteiger partial charge in [-0.25, -0.2) is 0 Å².